The van der Waals surface area contributed by atoms with Crippen molar-refractivity contribution in [3.8, 4) is 0 Å². The number of hydrogen-bond acceptors (Lipinski definition) is 4. The van der Waals surface area contributed by atoms with Crippen LogP contribution in [0.3, 0.4) is 0 Å². The Balaban J connectivity index is 2.28. The summed E-state index contributed by atoms with van der Waals surface area (Å²) < 4.78 is 25.7. The quantitative estimate of drug-likeness (QED) is 0.740. The number of piperazine rings is 1. The van der Waals surface area contributed by atoms with E-state index in [0.29, 0.717) is 18.8 Å². The van der Waals surface area contributed by atoms with E-state index < -0.39 is 18.6 Å². The molecular weight excluding hydrogens is 296 g/mol. The van der Waals surface area contributed by atoms with Crippen LogP contribution in [0.25, 0.3) is 0 Å². The largest absolute Gasteiger partial charge is 0.465 e. The molecule has 2 rings (SSSR count). The molecule has 2 atom stereocenters. The Morgan fingerprint density at radius 3 is 2.64 bits per heavy atom. The van der Waals surface area contributed by atoms with E-state index in [9.17, 15) is 18.7 Å². The van der Waals surface area contributed by atoms with Crippen molar-refractivity contribution in [3.63, 3.8) is 0 Å². The molecule has 0 aliphatic carbocycles. The lowest BCUT2D eigenvalue weighted by Gasteiger charge is -2.40. The number of alkyl halides is 2. The number of hydrogen-bond donors (Lipinski definition) is 3. The fourth-order valence-corrected chi connectivity index (χ4v) is 2.69. The predicted molar refractivity (Wildman–Crippen MR) is 78.2 cm³/mol. The van der Waals surface area contributed by atoms with Gasteiger partial charge in [0.05, 0.1) is 0 Å². The van der Waals surface area contributed by atoms with E-state index in [1.165, 1.54) is 11.0 Å². The fraction of sp³-hybridized carbons (Fsp3) is 0.500. The van der Waals surface area contributed by atoms with E-state index in [1.54, 1.807) is 24.0 Å². The summed E-state index contributed by atoms with van der Waals surface area (Å²) in [6, 6.07) is 4.21. The van der Waals surface area contributed by atoms with Gasteiger partial charge in [0.1, 0.15) is 6.10 Å². The summed E-state index contributed by atoms with van der Waals surface area (Å²) in [7, 11) is 0. The average Bonchev–Trinajstić information content (AvgIpc) is 2.45. The first kappa shape index (κ1) is 16.3. The smallest absolute Gasteiger partial charge is 0.407 e. The lowest BCUT2D eigenvalue weighted by atomic mass is 10.0. The number of nitrogen functional groups attached to an aromatic ring is 1. The molecule has 1 heterocycles. The molecule has 0 spiro atoms. The number of halogens is 2. The Hall–Kier alpha value is -2.09. The van der Waals surface area contributed by atoms with Gasteiger partial charge in [-0.2, -0.15) is 0 Å². The van der Waals surface area contributed by atoms with Crippen molar-refractivity contribution in [2.45, 2.75) is 25.5 Å². The predicted octanol–water partition coefficient (Wildman–Crippen LogP) is 1.76. The molecule has 122 valence electrons. The van der Waals surface area contributed by atoms with Crippen LogP contribution in [0.2, 0.25) is 0 Å². The standard InChI is InChI=1S/C14H19F2N3O3/c1-8-7-18(4-5-19(8)14(21)22)11-3-2-9(17)6-10(11)12(20)13(15)16/h2-3,6,8,12-13,20H,4-5,7,17H2,1H3,(H,21,22). The van der Waals surface area contributed by atoms with Gasteiger partial charge in [-0.25, -0.2) is 13.6 Å². The van der Waals surface area contributed by atoms with Gasteiger partial charge in [-0.05, 0) is 25.1 Å². The molecule has 22 heavy (non-hydrogen) atoms. The van der Waals surface area contributed by atoms with E-state index in [2.05, 4.69) is 0 Å². The molecule has 1 amide bonds. The van der Waals surface area contributed by atoms with Crippen molar-refractivity contribution in [1.82, 2.24) is 4.90 Å². The van der Waals surface area contributed by atoms with E-state index >= 15 is 0 Å². The fourth-order valence-electron chi connectivity index (χ4n) is 2.69. The van der Waals surface area contributed by atoms with Crippen LogP contribution in [-0.4, -0.2) is 53.3 Å². The van der Waals surface area contributed by atoms with Crippen molar-refractivity contribution in [2.24, 2.45) is 0 Å². The maximum atomic E-state index is 12.8. The van der Waals surface area contributed by atoms with Crippen LogP contribution >= 0.6 is 0 Å². The normalized spacial score (nSPS) is 20.3. The van der Waals surface area contributed by atoms with Crippen LogP contribution in [0.15, 0.2) is 18.2 Å². The summed E-state index contributed by atoms with van der Waals surface area (Å²) >= 11 is 0. The lowest BCUT2D eigenvalue weighted by molar-refractivity contribution is -0.00555. The molecule has 1 saturated heterocycles. The van der Waals surface area contributed by atoms with E-state index in [1.807, 2.05) is 0 Å². The molecule has 4 N–H and O–H groups in total. The Kier molecular flexibility index (Phi) is 4.70. The highest BCUT2D eigenvalue weighted by molar-refractivity contribution is 5.67. The second-order valence-corrected chi connectivity index (χ2v) is 5.37. The molecule has 1 aliphatic rings. The van der Waals surface area contributed by atoms with Gasteiger partial charge in [-0.3, -0.25) is 0 Å². The molecule has 0 bridgehead atoms. The molecule has 6 nitrogen and oxygen atoms in total. The monoisotopic (exact) mass is 315 g/mol. The van der Waals surface area contributed by atoms with Crippen molar-refractivity contribution >= 4 is 17.5 Å². The van der Waals surface area contributed by atoms with Gasteiger partial charge in [0.2, 0.25) is 0 Å². The van der Waals surface area contributed by atoms with Crippen LogP contribution in [0, 0.1) is 0 Å². The van der Waals surface area contributed by atoms with E-state index in [-0.39, 0.29) is 23.8 Å². The van der Waals surface area contributed by atoms with Crippen molar-refractivity contribution in [2.75, 3.05) is 30.3 Å². The van der Waals surface area contributed by atoms with Gasteiger partial charge in [0.15, 0.2) is 0 Å². The molecule has 0 aromatic heterocycles. The second-order valence-electron chi connectivity index (χ2n) is 5.37. The van der Waals surface area contributed by atoms with Gasteiger partial charge < -0.3 is 25.7 Å². The van der Waals surface area contributed by atoms with E-state index in [0.717, 1.165) is 0 Å². The third kappa shape index (κ3) is 3.22. The number of nitrogens with two attached hydrogens (primary N) is 1. The van der Waals surface area contributed by atoms with Crippen LogP contribution in [-0.2, 0) is 0 Å². The maximum Gasteiger partial charge on any atom is 0.407 e. The molecular formula is C14H19F2N3O3. The molecule has 2 unspecified atom stereocenters. The summed E-state index contributed by atoms with van der Waals surface area (Å²) in [5, 5.41) is 18.8. The highest BCUT2D eigenvalue weighted by atomic mass is 19.3. The lowest BCUT2D eigenvalue weighted by Crippen LogP contribution is -2.54. The number of benzene rings is 1. The molecule has 0 radical (unpaired) electrons. The molecule has 8 heteroatoms. The minimum absolute atomic E-state index is 0.0611. The first-order valence-corrected chi connectivity index (χ1v) is 6.91. The average molecular weight is 315 g/mol. The number of carboxylic acid groups (broad SMARTS) is 1. The van der Waals surface area contributed by atoms with Gasteiger partial charge in [-0.1, -0.05) is 0 Å². The minimum atomic E-state index is -2.92. The molecule has 1 aromatic rings. The highest BCUT2D eigenvalue weighted by Crippen LogP contribution is 2.33. The summed E-state index contributed by atoms with van der Waals surface area (Å²) in [6.45, 7) is 2.74. The van der Waals surface area contributed by atoms with Crippen molar-refractivity contribution in [3.05, 3.63) is 23.8 Å². The van der Waals surface area contributed by atoms with Gasteiger partial charge in [-0.15, -0.1) is 0 Å². The minimum Gasteiger partial charge on any atom is -0.465 e. The maximum absolute atomic E-state index is 12.8. The summed E-state index contributed by atoms with van der Waals surface area (Å²) in [6.07, 6.45) is -5.85. The number of rotatable bonds is 3. The zero-order valence-electron chi connectivity index (χ0n) is 12.1. The van der Waals surface area contributed by atoms with Crippen LogP contribution in [0.5, 0.6) is 0 Å². The Morgan fingerprint density at radius 1 is 1.41 bits per heavy atom. The van der Waals surface area contributed by atoms with Crippen molar-refractivity contribution < 1.29 is 23.8 Å². The molecule has 0 saturated carbocycles. The number of anilines is 2. The number of amides is 1. The van der Waals surface area contributed by atoms with Gasteiger partial charge in [0, 0.05) is 42.6 Å². The van der Waals surface area contributed by atoms with Crippen LogP contribution < -0.4 is 10.6 Å². The van der Waals surface area contributed by atoms with Gasteiger partial charge >= 0.3 is 6.09 Å². The summed E-state index contributed by atoms with van der Waals surface area (Å²) in [5.74, 6) is 0. The number of aliphatic hydroxyl groups is 1. The first-order valence-electron chi connectivity index (χ1n) is 6.91. The van der Waals surface area contributed by atoms with Crippen LogP contribution in [0.4, 0.5) is 25.0 Å². The van der Waals surface area contributed by atoms with E-state index in [4.69, 9.17) is 10.8 Å². The SMILES string of the molecule is CC1CN(c2ccc(N)cc2C(O)C(F)F)CCN1C(=O)O. The second kappa shape index (κ2) is 6.35. The van der Waals surface area contributed by atoms with Gasteiger partial charge in [0.25, 0.3) is 6.43 Å². The first-order chi connectivity index (χ1) is 10.3. The third-order valence-electron chi connectivity index (χ3n) is 3.82. The third-order valence-corrected chi connectivity index (χ3v) is 3.82. The summed E-state index contributed by atoms with van der Waals surface area (Å²) in [5.41, 5.74) is 6.43. The molecule has 1 aromatic carbocycles. The Labute approximate surface area is 126 Å². The summed E-state index contributed by atoms with van der Waals surface area (Å²) in [4.78, 5) is 14.2. The number of nitrogens with zero attached hydrogens (tertiary/aromatic N) is 2. The molecule has 1 aliphatic heterocycles. The topological polar surface area (TPSA) is 90.0 Å². The number of aliphatic hydroxyl groups excluding tert-OH is 1. The number of carbonyl (C=O) groups is 1. The van der Waals surface area contributed by atoms with Crippen LogP contribution in [0.1, 0.15) is 18.6 Å². The zero-order chi connectivity index (χ0) is 16.4. The van der Waals surface area contributed by atoms with Crippen molar-refractivity contribution in [1.29, 1.82) is 0 Å². The highest BCUT2D eigenvalue weighted by Gasteiger charge is 2.30. The molecule has 1 fully saturated rings. The Bertz CT molecular complexity index is 556. The Morgan fingerprint density at radius 2 is 2.09 bits per heavy atom. The zero-order valence-corrected chi connectivity index (χ0v) is 12.1.